The molecular formula is C13H24O2. The predicted octanol–water partition coefficient (Wildman–Crippen LogP) is 3.20. The lowest BCUT2D eigenvalue weighted by molar-refractivity contribution is -0.140. The maximum Gasteiger partial charge on any atom is 0.165 e. The average molecular weight is 212 g/mol. The van der Waals surface area contributed by atoms with Crippen LogP contribution in [0.3, 0.4) is 0 Å². The lowest BCUT2D eigenvalue weighted by atomic mass is 9.77. The molecule has 0 aromatic heterocycles. The molecule has 15 heavy (non-hydrogen) atoms. The largest absolute Gasteiger partial charge is 0.373 e. The zero-order chi connectivity index (χ0) is 11.5. The second-order valence-electron chi connectivity index (χ2n) is 5.72. The minimum Gasteiger partial charge on any atom is -0.373 e. The van der Waals surface area contributed by atoms with E-state index >= 15 is 0 Å². The van der Waals surface area contributed by atoms with Gasteiger partial charge < -0.3 is 4.74 Å². The number of carbonyl (C=O) groups excluding carboxylic acids is 1. The third-order valence-corrected chi connectivity index (χ3v) is 3.29. The second kappa shape index (κ2) is 5.11. The van der Waals surface area contributed by atoms with Crippen LogP contribution in [0, 0.1) is 11.3 Å². The molecule has 88 valence electrons. The Morgan fingerprint density at radius 1 is 1.20 bits per heavy atom. The van der Waals surface area contributed by atoms with Gasteiger partial charge in [0.25, 0.3) is 0 Å². The van der Waals surface area contributed by atoms with Crippen LogP contribution in [0.15, 0.2) is 0 Å². The lowest BCUT2D eigenvalue weighted by Crippen LogP contribution is -2.40. The molecule has 1 aliphatic carbocycles. The topological polar surface area (TPSA) is 26.3 Å². The van der Waals surface area contributed by atoms with E-state index in [1.165, 1.54) is 19.3 Å². The van der Waals surface area contributed by atoms with Crippen molar-refractivity contribution < 1.29 is 9.53 Å². The summed E-state index contributed by atoms with van der Waals surface area (Å²) in [4.78, 5) is 12.3. The highest BCUT2D eigenvalue weighted by molar-refractivity contribution is 5.86. The van der Waals surface area contributed by atoms with E-state index in [-0.39, 0.29) is 17.4 Å². The van der Waals surface area contributed by atoms with Gasteiger partial charge in [0.05, 0.1) is 0 Å². The first-order valence-electron chi connectivity index (χ1n) is 6.03. The molecule has 1 saturated carbocycles. The molecule has 0 aliphatic heterocycles. The molecule has 0 aromatic rings. The smallest absolute Gasteiger partial charge is 0.165 e. The maximum atomic E-state index is 12.3. The molecule has 1 atom stereocenters. The number of carbonyl (C=O) groups is 1. The third-order valence-electron chi connectivity index (χ3n) is 3.29. The van der Waals surface area contributed by atoms with Crippen molar-refractivity contribution in [3.05, 3.63) is 0 Å². The predicted molar refractivity (Wildman–Crippen MR) is 61.8 cm³/mol. The molecule has 0 saturated heterocycles. The summed E-state index contributed by atoms with van der Waals surface area (Å²) < 4.78 is 5.38. The molecule has 1 aliphatic rings. The van der Waals surface area contributed by atoms with Crippen LogP contribution in [0.25, 0.3) is 0 Å². The van der Waals surface area contributed by atoms with Crippen molar-refractivity contribution >= 4 is 5.78 Å². The molecular weight excluding hydrogens is 188 g/mol. The molecule has 0 N–H and O–H groups in total. The van der Waals surface area contributed by atoms with Gasteiger partial charge in [0, 0.05) is 13.0 Å². The summed E-state index contributed by atoms with van der Waals surface area (Å²) in [5, 5.41) is 0. The number of hydrogen-bond donors (Lipinski definition) is 0. The van der Waals surface area contributed by atoms with Gasteiger partial charge in [-0.25, -0.2) is 0 Å². The first kappa shape index (κ1) is 12.7. The Balaban J connectivity index is 2.63. The molecule has 0 bridgehead atoms. The third kappa shape index (κ3) is 3.30. The van der Waals surface area contributed by atoms with E-state index in [4.69, 9.17) is 4.74 Å². The first-order chi connectivity index (χ1) is 6.96. The molecule has 0 amide bonds. The number of methoxy groups -OCH3 is 1. The summed E-state index contributed by atoms with van der Waals surface area (Å²) >= 11 is 0. The Morgan fingerprint density at radius 3 is 2.13 bits per heavy atom. The quantitative estimate of drug-likeness (QED) is 0.718. The summed E-state index contributed by atoms with van der Waals surface area (Å²) in [5.74, 6) is 0.577. The summed E-state index contributed by atoms with van der Waals surface area (Å²) in [7, 11) is 1.65. The molecule has 1 fully saturated rings. The number of rotatable bonds is 3. The second-order valence-corrected chi connectivity index (χ2v) is 5.72. The van der Waals surface area contributed by atoms with Crippen molar-refractivity contribution in [3.63, 3.8) is 0 Å². The van der Waals surface area contributed by atoms with E-state index in [1.807, 2.05) is 0 Å². The fourth-order valence-electron chi connectivity index (χ4n) is 2.50. The highest BCUT2D eigenvalue weighted by Gasteiger charge is 2.35. The zero-order valence-electron chi connectivity index (χ0n) is 10.5. The van der Waals surface area contributed by atoms with Gasteiger partial charge in [0.2, 0.25) is 0 Å². The van der Waals surface area contributed by atoms with Crippen molar-refractivity contribution in [1.82, 2.24) is 0 Å². The summed E-state index contributed by atoms with van der Waals surface area (Å²) in [6.07, 6.45) is 5.59. The van der Waals surface area contributed by atoms with Crippen LogP contribution in [0.1, 0.15) is 52.9 Å². The van der Waals surface area contributed by atoms with Crippen LogP contribution in [0.5, 0.6) is 0 Å². The first-order valence-corrected chi connectivity index (χ1v) is 6.03. The van der Waals surface area contributed by atoms with E-state index in [0.717, 1.165) is 12.8 Å². The number of hydrogen-bond acceptors (Lipinski definition) is 2. The lowest BCUT2D eigenvalue weighted by Gasteiger charge is -2.32. The Morgan fingerprint density at radius 2 is 1.73 bits per heavy atom. The highest BCUT2D eigenvalue weighted by Crippen LogP contribution is 2.31. The summed E-state index contributed by atoms with van der Waals surface area (Å²) in [6, 6.07) is 0. The fraction of sp³-hybridized carbons (Fsp3) is 0.923. The normalized spacial score (nSPS) is 21.3. The molecule has 1 unspecified atom stereocenters. The number of ketones is 1. The minimum atomic E-state index is -0.236. The van der Waals surface area contributed by atoms with Crippen molar-refractivity contribution in [2.45, 2.75) is 59.0 Å². The van der Waals surface area contributed by atoms with Gasteiger partial charge in [-0.15, -0.1) is 0 Å². The summed E-state index contributed by atoms with van der Waals surface area (Å²) in [6.45, 7) is 6.21. The van der Waals surface area contributed by atoms with Gasteiger partial charge in [-0.05, 0) is 18.3 Å². The van der Waals surface area contributed by atoms with E-state index in [2.05, 4.69) is 20.8 Å². The molecule has 0 heterocycles. The monoisotopic (exact) mass is 212 g/mol. The van der Waals surface area contributed by atoms with Crippen molar-refractivity contribution in [2.75, 3.05) is 7.11 Å². The van der Waals surface area contributed by atoms with Crippen LogP contribution >= 0.6 is 0 Å². The highest BCUT2D eigenvalue weighted by atomic mass is 16.5. The Hall–Kier alpha value is -0.370. The van der Waals surface area contributed by atoms with Gasteiger partial charge in [-0.1, -0.05) is 40.0 Å². The van der Waals surface area contributed by atoms with Crippen LogP contribution in [0.2, 0.25) is 0 Å². The molecule has 0 spiro atoms. The minimum absolute atomic E-state index is 0.0801. The Labute approximate surface area is 93.4 Å². The molecule has 2 nitrogen and oxygen atoms in total. The van der Waals surface area contributed by atoms with Crippen molar-refractivity contribution in [3.8, 4) is 0 Å². The van der Waals surface area contributed by atoms with E-state index in [0.29, 0.717) is 5.78 Å². The maximum absolute atomic E-state index is 12.3. The van der Waals surface area contributed by atoms with Crippen LogP contribution in [-0.2, 0) is 9.53 Å². The fourth-order valence-corrected chi connectivity index (χ4v) is 2.50. The van der Waals surface area contributed by atoms with Gasteiger partial charge in [0.1, 0.15) is 6.10 Å². The van der Waals surface area contributed by atoms with Crippen LogP contribution < -0.4 is 0 Å². The Kier molecular flexibility index (Phi) is 4.32. The molecule has 0 aromatic carbocycles. The summed E-state index contributed by atoms with van der Waals surface area (Å²) in [5.41, 5.74) is -0.0801. The van der Waals surface area contributed by atoms with Crippen molar-refractivity contribution in [1.29, 1.82) is 0 Å². The van der Waals surface area contributed by atoms with Crippen LogP contribution in [0.4, 0.5) is 0 Å². The van der Waals surface area contributed by atoms with E-state index < -0.39 is 0 Å². The van der Waals surface area contributed by atoms with Gasteiger partial charge in [0.15, 0.2) is 5.78 Å². The van der Waals surface area contributed by atoms with Crippen molar-refractivity contribution in [2.24, 2.45) is 11.3 Å². The molecule has 2 heteroatoms. The Bertz CT molecular complexity index is 209. The van der Waals surface area contributed by atoms with E-state index in [1.54, 1.807) is 7.11 Å². The standard InChI is InChI=1S/C13H24O2/c1-13(2,3)12(15-4)11(14)10-8-6-5-7-9-10/h10,12H,5-9H2,1-4H3. The average Bonchev–Trinajstić information content (AvgIpc) is 2.18. The number of ether oxygens (including phenoxy) is 1. The van der Waals surface area contributed by atoms with Crippen LogP contribution in [-0.4, -0.2) is 19.0 Å². The molecule has 1 rings (SSSR count). The SMILES string of the molecule is COC(C(=O)C1CCCCC1)C(C)(C)C. The number of Topliss-reactive ketones (excluding diaryl/α,β-unsaturated/α-hetero) is 1. The zero-order valence-corrected chi connectivity index (χ0v) is 10.5. The van der Waals surface area contributed by atoms with E-state index in [9.17, 15) is 4.79 Å². The van der Waals surface area contributed by atoms with Gasteiger partial charge >= 0.3 is 0 Å². The van der Waals surface area contributed by atoms with Gasteiger partial charge in [-0.2, -0.15) is 0 Å². The molecule has 0 radical (unpaired) electrons. The van der Waals surface area contributed by atoms with Gasteiger partial charge in [-0.3, -0.25) is 4.79 Å².